The van der Waals surface area contributed by atoms with Gasteiger partial charge in [-0.3, -0.25) is 19.2 Å². The van der Waals surface area contributed by atoms with Crippen LogP contribution in [0.5, 0.6) is 23.3 Å². The minimum Gasteiger partial charge on any atom is -0.490 e. The third kappa shape index (κ3) is 10.3. The van der Waals surface area contributed by atoms with Crippen molar-refractivity contribution in [3.8, 4) is 35.4 Å². The third-order valence-electron chi connectivity index (χ3n) is 11.7. The topological polar surface area (TPSA) is 237 Å². The number of aromatic nitrogens is 2. The van der Waals surface area contributed by atoms with E-state index in [0.29, 0.717) is 79.0 Å². The molecule has 7 rings (SSSR count). The number of hydrogen-bond acceptors (Lipinski definition) is 12. The van der Waals surface area contributed by atoms with Gasteiger partial charge in [0.05, 0.1) is 42.1 Å². The van der Waals surface area contributed by atoms with Crippen LogP contribution in [0.3, 0.4) is 0 Å². The largest absolute Gasteiger partial charge is 0.490 e. The van der Waals surface area contributed by atoms with Crippen LogP contribution >= 0.6 is 0 Å². The molecule has 1 aliphatic carbocycles. The molecule has 4 amide bonds. The zero-order valence-corrected chi connectivity index (χ0v) is 35.8. The fourth-order valence-electron chi connectivity index (χ4n) is 8.69. The van der Waals surface area contributed by atoms with Crippen LogP contribution in [0.2, 0.25) is 0 Å². The summed E-state index contributed by atoms with van der Waals surface area (Å²) < 4.78 is 24.1. The predicted molar refractivity (Wildman–Crippen MR) is 229 cm³/mol. The number of fused-ring (bicyclic) bond motifs is 3. The molecule has 5 atom stereocenters. The number of nitrogens with two attached hydrogens (primary N) is 2. The molecule has 1 saturated carbocycles. The molecule has 2 aliphatic heterocycles. The van der Waals surface area contributed by atoms with Gasteiger partial charge >= 0.3 is 0 Å². The maximum Gasteiger partial charge on any atom is 0.252 e. The molecule has 326 valence electrons. The molecule has 0 bridgehead atoms. The number of amides is 4. The van der Waals surface area contributed by atoms with Crippen molar-refractivity contribution in [1.82, 2.24) is 19.8 Å². The van der Waals surface area contributed by atoms with Crippen LogP contribution in [0.4, 0.5) is 0 Å². The molecule has 0 spiro atoms. The van der Waals surface area contributed by atoms with E-state index in [2.05, 4.69) is 16.9 Å². The molecule has 3 aliphatic rings. The van der Waals surface area contributed by atoms with E-state index in [-0.39, 0.29) is 54.8 Å². The SMILES string of the molecule is CC(C)Oc1cc2c(O[C@H]3CC[C@@H]4CN(C(=O)CC#N)C[C@@H]43)nccc2cc1C(N)=O.CC[C@H]1CN(C(=O)CC#N)C[C@@H]1COc1nccc2cc(C(N)=O)c(OC(C)C)cc12. The molecule has 4 N–H and O–H groups in total. The number of nitrogens with zero attached hydrogens (tertiary/aromatic N) is 6. The van der Waals surface area contributed by atoms with E-state index >= 15 is 0 Å². The second-order valence-electron chi connectivity index (χ2n) is 16.6. The normalized spacial score (nSPS) is 20.3. The van der Waals surface area contributed by atoms with Crippen LogP contribution in [-0.2, 0) is 9.59 Å². The number of likely N-dealkylation sites (tertiary alicyclic amines) is 2. The van der Waals surface area contributed by atoms with Gasteiger partial charge in [0, 0.05) is 61.2 Å². The highest BCUT2D eigenvalue weighted by Crippen LogP contribution is 2.42. The molecular weight excluding hydrogens is 793 g/mol. The average Bonchev–Trinajstić information content (AvgIpc) is 3.95. The van der Waals surface area contributed by atoms with Crippen molar-refractivity contribution in [2.45, 2.75) is 85.0 Å². The summed E-state index contributed by atoms with van der Waals surface area (Å²) >= 11 is 0. The number of hydrogen-bond donors (Lipinski definition) is 2. The summed E-state index contributed by atoms with van der Waals surface area (Å²) in [5.74, 6) is 1.42. The monoisotopic (exact) mass is 846 g/mol. The lowest BCUT2D eigenvalue weighted by atomic mass is 9.94. The Kier molecular flexibility index (Phi) is 14.3. The highest BCUT2D eigenvalue weighted by Gasteiger charge is 2.45. The van der Waals surface area contributed by atoms with Gasteiger partial charge in [-0.25, -0.2) is 9.97 Å². The van der Waals surface area contributed by atoms with Crippen molar-refractivity contribution in [1.29, 1.82) is 10.5 Å². The molecule has 4 heterocycles. The fraction of sp³-hybridized carbons (Fsp3) is 0.478. The van der Waals surface area contributed by atoms with Gasteiger partial charge in [0.25, 0.3) is 11.8 Å². The van der Waals surface area contributed by atoms with Crippen molar-refractivity contribution >= 4 is 45.2 Å². The average molecular weight is 847 g/mol. The summed E-state index contributed by atoms with van der Waals surface area (Å²) in [6.07, 6.45) is 5.56. The molecule has 2 saturated heterocycles. The van der Waals surface area contributed by atoms with Gasteiger partial charge in [-0.2, -0.15) is 10.5 Å². The summed E-state index contributed by atoms with van der Waals surface area (Å²) in [5.41, 5.74) is 11.7. The van der Waals surface area contributed by atoms with Crippen LogP contribution in [-0.4, -0.2) is 94.5 Å². The maximum atomic E-state index is 12.1. The Labute approximate surface area is 361 Å². The molecule has 0 radical (unpaired) electrons. The Hall–Kier alpha value is -6.68. The zero-order chi connectivity index (χ0) is 44.7. The van der Waals surface area contributed by atoms with Gasteiger partial charge < -0.3 is 40.2 Å². The van der Waals surface area contributed by atoms with E-state index in [1.807, 2.05) is 45.9 Å². The van der Waals surface area contributed by atoms with E-state index in [9.17, 15) is 19.2 Å². The number of primary amides is 2. The van der Waals surface area contributed by atoms with Crippen molar-refractivity contribution in [2.75, 3.05) is 32.8 Å². The lowest BCUT2D eigenvalue weighted by Crippen LogP contribution is -2.32. The number of rotatable bonds is 14. The van der Waals surface area contributed by atoms with Gasteiger partial charge in [-0.15, -0.1) is 0 Å². The molecule has 3 fully saturated rings. The molecule has 2 aromatic carbocycles. The third-order valence-corrected chi connectivity index (χ3v) is 11.7. The van der Waals surface area contributed by atoms with Crippen molar-refractivity contribution < 1.29 is 38.1 Å². The Bertz CT molecular complexity index is 2380. The van der Waals surface area contributed by atoms with Crippen LogP contribution in [0.25, 0.3) is 21.5 Å². The smallest absolute Gasteiger partial charge is 0.252 e. The fourth-order valence-corrected chi connectivity index (χ4v) is 8.69. The van der Waals surface area contributed by atoms with Crippen LogP contribution in [0, 0.1) is 46.3 Å². The minimum atomic E-state index is -0.560. The maximum absolute atomic E-state index is 12.1. The molecule has 0 unspecified atom stereocenters. The first-order valence-corrected chi connectivity index (χ1v) is 21.1. The van der Waals surface area contributed by atoms with Crippen LogP contribution in [0.15, 0.2) is 48.8 Å². The summed E-state index contributed by atoms with van der Waals surface area (Å²) in [6.45, 7) is 12.5. The first-order chi connectivity index (χ1) is 29.7. The summed E-state index contributed by atoms with van der Waals surface area (Å²) in [4.78, 5) is 60.4. The summed E-state index contributed by atoms with van der Waals surface area (Å²) in [6, 6.07) is 14.4. The number of pyridine rings is 2. The van der Waals surface area contributed by atoms with E-state index < -0.39 is 11.8 Å². The van der Waals surface area contributed by atoms with Crippen LogP contribution in [0.1, 0.15) is 87.4 Å². The van der Waals surface area contributed by atoms with E-state index in [4.69, 9.17) is 40.9 Å². The number of carbonyl (C=O) groups is 4. The molecule has 62 heavy (non-hydrogen) atoms. The lowest BCUT2D eigenvalue weighted by molar-refractivity contribution is -0.130. The van der Waals surface area contributed by atoms with Gasteiger partial charge in [0.1, 0.15) is 30.4 Å². The number of carbonyl (C=O) groups excluding carboxylic acids is 4. The lowest BCUT2D eigenvalue weighted by Gasteiger charge is -2.22. The Morgan fingerprint density at radius 3 is 1.77 bits per heavy atom. The zero-order valence-electron chi connectivity index (χ0n) is 35.8. The van der Waals surface area contributed by atoms with Crippen LogP contribution < -0.4 is 30.4 Å². The Morgan fingerprint density at radius 2 is 1.26 bits per heavy atom. The molecule has 2 aromatic heterocycles. The minimum absolute atomic E-state index is 0.0618. The van der Waals surface area contributed by atoms with Crippen molar-refractivity contribution in [3.05, 3.63) is 59.9 Å². The number of benzene rings is 2. The molecular formula is C46H54N8O8. The first-order valence-electron chi connectivity index (χ1n) is 21.1. The highest BCUT2D eigenvalue weighted by molar-refractivity contribution is 6.02. The van der Waals surface area contributed by atoms with E-state index in [0.717, 1.165) is 40.8 Å². The predicted octanol–water partition coefficient (Wildman–Crippen LogP) is 5.55. The van der Waals surface area contributed by atoms with Gasteiger partial charge in [-0.1, -0.05) is 13.3 Å². The number of ether oxygens (including phenoxy) is 4. The van der Waals surface area contributed by atoms with E-state index in [1.54, 1.807) is 52.5 Å². The number of nitriles is 2. The van der Waals surface area contributed by atoms with Gasteiger partial charge in [0.15, 0.2) is 0 Å². The summed E-state index contributed by atoms with van der Waals surface area (Å²) in [5, 5.41) is 20.7. The van der Waals surface area contributed by atoms with Gasteiger partial charge in [0.2, 0.25) is 23.6 Å². The van der Waals surface area contributed by atoms with Gasteiger partial charge in [-0.05, 0) is 99.5 Å². The highest BCUT2D eigenvalue weighted by atomic mass is 16.5. The van der Waals surface area contributed by atoms with Crippen molar-refractivity contribution in [2.24, 2.45) is 35.1 Å². The Morgan fingerprint density at radius 1 is 0.742 bits per heavy atom. The van der Waals surface area contributed by atoms with E-state index in [1.165, 1.54) is 0 Å². The summed E-state index contributed by atoms with van der Waals surface area (Å²) in [7, 11) is 0. The van der Waals surface area contributed by atoms with Crippen molar-refractivity contribution in [3.63, 3.8) is 0 Å². The second kappa shape index (κ2) is 19.8. The standard InChI is InChI=1S/C23H26N4O4.C23H28N4O4/c1-13(2)30-20-10-16-14(9-17(20)22(25)29)6-8-26-23(16)31-19-4-3-15-11-27(12-18(15)19)21(28)5-7-24;1-4-15-11-27(21(28)5-7-24)12-17(15)13-30-23-18-10-20(31-14(2)3)19(22(25)29)9-16(18)6-8-26-23/h6,8-10,13,15,18-19H,3-5,11-12H2,1-2H3,(H2,25,29);6,8-10,14-15,17H,4-5,11-13H2,1-3H3,(H2,25,29)/t15-,18+,19+;15-,17+/m10/s1. The first kappa shape index (κ1) is 44.9. The molecule has 4 aromatic rings. The second-order valence-corrected chi connectivity index (χ2v) is 16.6. The Balaban J connectivity index is 0.000000207. The molecule has 16 nitrogen and oxygen atoms in total. The molecule has 16 heteroatoms. The quantitative estimate of drug-likeness (QED) is 0.159.